The lowest BCUT2D eigenvalue weighted by Gasteiger charge is -2.22. The molecule has 5 heteroatoms. The van der Waals surface area contributed by atoms with Gasteiger partial charge in [-0.2, -0.15) is 0 Å². The van der Waals surface area contributed by atoms with Gasteiger partial charge in [0.1, 0.15) is 0 Å². The third kappa shape index (κ3) is 4.87. The van der Waals surface area contributed by atoms with E-state index in [9.17, 15) is 4.79 Å². The quantitative estimate of drug-likeness (QED) is 0.353. The minimum atomic E-state index is -0.109. The van der Waals surface area contributed by atoms with Crippen molar-refractivity contribution in [1.29, 1.82) is 0 Å². The molecule has 33 heavy (non-hydrogen) atoms. The lowest BCUT2D eigenvalue weighted by Crippen LogP contribution is -2.29. The molecule has 5 nitrogen and oxygen atoms in total. The van der Waals surface area contributed by atoms with Crippen molar-refractivity contribution < 1.29 is 14.3 Å². The number of amides is 1. The normalized spacial score (nSPS) is 12.8. The Morgan fingerprint density at radius 1 is 0.909 bits per heavy atom. The summed E-state index contributed by atoms with van der Waals surface area (Å²) in [6.07, 6.45) is 2.45. The van der Waals surface area contributed by atoms with E-state index in [2.05, 4.69) is 41.5 Å². The molecule has 3 aromatic carbocycles. The highest BCUT2D eigenvalue weighted by Gasteiger charge is 2.24. The maximum absolute atomic E-state index is 12.9. The maximum Gasteiger partial charge on any atom is 0.220 e. The molecule has 0 fully saturated rings. The Kier molecular flexibility index (Phi) is 6.98. The molecule has 1 amide bonds. The smallest absolute Gasteiger partial charge is 0.220 e. The summed E-state index contributed by atoms with van der Waals surface area (Å²) in [5.74, 6) is 1.41. The highest BCUT2D eigenvalue weighted by Crippen LogP contribution is 2.40. The molecule has 170 valence electrons. The number of carbonyl (C=O) groups is 1. The Morgan fingerprint density at radius 3 is 2.42 bits per heavy atom. The number of aromatic amines is 1. The average Bonchev–Trinajstić information content (AvgIpc) is 3.28. The minimum Gasteiger partial charge on any atom is -0.493 e. The van der Waals surface area contributed by atoms with Crippen molar-refractivity contribution in [1.82, 2.24) is 10.3 Å². The number of H-pyrrole nitrogens is 1. The monoisotopic (exact) mass is 442 g/mol. The number of rotatable bonds is 9. The number of para-hydroxylation sites is 2. The molecule has 0 aliphatic carbocycles. The number of ether oxygens (including phenoxy) is 2. The predicted molar refractivity (Wildman–Crippen MR) is 132 cm³/mol. The molecule has 0 aliphatic heterocycles. The first kappa shape index (κ1) is 22.5. The zero-order valence-corrected chi connectivity index (χ0v) is 19.3. The van der Waals surface area contributed by atoms with Crippen molar-refractivity contribution in [2.75, 3.05) is 20.8 Å². The molecule has 0 aliphatic rings. The Labute approximate surface area is 194 Å². The van der Waals surface area contributed by atoms with Crippen molar-refractivity contribution in [2.24, 2.45) is 0 Å². The van der Waals surface area contributed by atoms with Gasteiger partial charge >= 0.3 is 0 Å². The van der Waals surface area contributed by atoms with Crippen LogP contribution in [0.4, 0.5) is 0 Å². The lowest BCUT2D eigenvalue weighted by molar-refractivity contribution is -0.121. The highest BCUT2D eigenvalue weighted by atomic mass is 16.5. The van der Waals surface area contributed by atoms with Crippen LogP contribution in [0.25, 0.3) is 10.9 Å². The first-order valence-corrected chi connectivity index (χ1v) is 11.2. The van der Waals surface area contributed by atoms with Crippen LogP contribution in [0.3, 0.4) is 0 Å². The van der Waals surface area contributed by atoms with Gasteiger partial charge in [-0.05, 0) is 29.2 Å². The summed E-state index contributed by atoms with van der Waals surface area (Å²) in [7, 11) is 3.28. The van der Waals surface area contributed by atoms with Gasteiger partial charge in [-0.15, -0.1) is 0 Å². The zero-order chi connectivity index (χ0) is 23.2. The molecule has 0 saturated carbocycles. The molecular formula is C28H30N2O3. The molecule has 0 bridgehead atoms. The van der Waals surface area contributed by atoms with Crippen LogP contribution >= 0.6 is 0 Å². The molecule has 4 rings (SSSR count). The van der Waals surface area contributed by atoms with Crippen molar-refractivity contribution >= 4 is 16.8 Å². The summed E-state index contributed by atoms with van der Waals surface area (Å²) in [6.45, 7) is 2.53. The van der Waals surface area contributed by atoms with E-state index in [0.29, 0.717) is 24.5 Å². The van der Waals surface area contributed by atoms with Gasteiger partial charge in [-0.25, -0.2) is 0 Å². The fraction of sp³-hybridized carbons (Fsp3) is 0.250. The zero-order valence-electron chi connectivity index (χ0n) is 19.3. The van der Waals surface area contributed by atoms with Gasteiger partial charge < -0.3 is 19.8 Å². The molecule has 0 radical (unpaired) electrons. The van der Waals surface area contributed by atoms with E-state index in [-0.39, 0.29) is 17.7 Å². The molecule has 1 aromatic heterocycles. The number of aromatic nitrogens is 1. The van der Waals surface area contributed by atoms with Crippen LogP contribution < -0.4 is 14.8 Å². The molecule has 4 aromatic rings. The van der Waals surface area contributed by atoms with Crippen molar-refractivity contribution in [3.05, 3.63) is 95.7 Å². The SMILES string of the molecule is COc1cccc(C(CNC(=O)CC(C)c2ccccc2)c2c[nH]c3ccccc23)c1OC. The summed E-state index contributed by atoms with van der Waals surface area (Å²) in [5.41, 5.74) is 4.30. The second kappa shape index (κ2) is 10.3. The minimum absolute atomic E-state index is 0.0260. The van der Waals surface area contributed by atoms with Crippen molar-refractivity contribution in [2.45, 2.75) is 25.2 Å². The van der Waals surface area contributed by atoms with E-state index >= 15 is 0 Å². The van der Waals surface area contributed by atoms with Crippen LogP contribution in [0.15, 0.2) is 79.0 Å². The van der Waals surface area contributed by atoms with Crippen LogP contribution in [-0.2, 0) is 4.79 Å². The standard InChI is InChI=1S/C28H30N2O3/c1-19(20-10-5-4-6-11-20)16-27(31)30-18-24(22-13-9-15-26(32-2)28(22)33-3)23-17-29-25-14-8-7-12-21(23)25/h4-15,17,19,24,29H,16,18H2,1-3H3,(H,30,31). The van der Waals surface area contributed by atoms with E-state index in [0.717, 1.165) is 27.6 Å². The molecular weight excluding hydrogens is 412 g/mol. The summed E-state index contributed by atoms with van der Waals surface area (Å²) < 4.78 is 11.3. The third-order valence-electron chi connectivity index (χ3n) is 6.17. The van der Waals surface area contributed by atoms with E-state index in [1.807, 2.05) is 54.7 Å². The summed E-state index contributed by atoms with van der Waals surface area (Å²) in [4.78, 5) is 16.3. The molecule has 0 spiro atoms. The van der Waals surface area contributed by atoms with Crippen LogP contribution in [-0.4, -0.2) is 31.7 Å². The van der Waals surface area contributed by atoms with Crippen LogP contribution in [0, 0.1) is 0 Å². The van der Waals surface area contributed by atoms with Gasteiger partial charge in [0.15, 0.2) is 11.5 Å². The number of hydrogen-bond donors (Lipinski definition) is 2. The molecule has 1 heterocycles. The summed E-state index contributed by atoms with van der Waals surface area (Å²) >= 11 is 0. The average molecular weight is 443 g/mol. The van der Waals surface area contributed by atoms with Crippen molar-refractivity contribution in [3.8, 4) is 11.5 Å². The maximum atomic E-state index is 12.9. The Hall–Kier alpha value is -3.73. The fourth-order valence-corrected chi connectivity index (χ4v) is 4.42. The number of benzene rings is 3. The van der Waals surface area contributed by atoms with E-state index < -0.39 is 0 Å². The predicted octanol–water partition coefficient (Wildman–Crippen LogP) is 5.63. The fourth-order valence-electron chi connectivity index (χ4n) is 4.42. The molecule has 2 N–H and O–H groups in total. The van der Waals surface area contributed by atoms with Crippen LogP contribution in [0.1, 0.15) is 41.9 Å². The number of hydrogen-bond acceptors (Lipinski definition) is 3. The molecule has 0 saturated heterocycles. The number of fused-ring (bicyclic) bond motifs is 1. The van der Waals surface area contributed by atoms with E-state index in [4.69, 9.17) is 9.47 Å². The van der Waals surface area contributed by atoms with Gasteiger partial charge in [-0.3, -0.25) is 4.79 Å². The first-order valence-electron chi connectivity index (χ1n) is 11.2. The molecule has 2 atom stereocenters. The number of nitrogens with one attached hydrogen (secondary N) is 2. The van der Waals surface area contributed by atoms with E-state index in [1.54, 1.807) is 14.2 Å². The lowest BCUT2D eigenvalue weighted by atomic mass is 9.89. The van der Waals surface area contributed by atoms with Crippen molar-refractivity contribution in [3.63, 3.8) is 0 Å². The summed E-state index contributed by atoms with van der Waals surface area (Å²) in [5, 5.41) is 4.30. The van der Waals surface area contributed by atoms with Crippen LogP contribution in [0.5, 0.6) is 11.5 Å². The largest absolute Gasteiger partial charge is 0.493 e. The third-order valence-corrected chi connectivity index (χ3v) is 6.17. The van der Waals surface area contributed by atoms with Crippen LogP contribution in [0.2, 0.25) is 0 Å². The highest BCUT2D eigenvalue weighted by molar-refractivity contribution is 5.84. The van der Waals surface area contributed by atoms with Gasteiger partial charge in [0.25, 0.3) is 0 Å². The summed E-state index contributed by atoms with van der Waals surface area (Å²) in [6, 6.07) is 24.2. The first-order chi connectivity index (χ1) is 16.1. The van der Waals surface area contributed by atoms with Gasteiger partial charge in [0.05, 0.1) is 14.2 Å². The van der Waals surface area contributed by atoms with E-state index in [1.165, 1.54) is 0 Å². The second-order valence-corrected chi connectivity index (χ2v) is 8.24. The van der Waals surface area contributed by atoms with Gasteiger partial charge in [-0.1, -0.05) is 67.6 Å². The number of methoxy groups -OCH3 is 2. The second-order valence-electron chi connectivity index (χ2n) is 8.24. The molecule has 2 unspecified atom stereocenters. The Balaban J connectivity index is 1.62. The number of carbonyl (C=O) groups excluding carboxylic acids is 1. The topological polar surface area (TPSA) is 63.3 Å². The Morgan fingerprint density at radius 2 is 1.67 bits per heavy atom. The van der Waals surface area contributed by atoms with Gasteiger partial charge in [0.2, 0.25) is 5.91 Å². The van der Waals surface area contributed by atoms with Gasteiger partial charge in [0, 0.05) is 41.5 Å². The Bertz CT molecular complexity index is 1220.